The monoisotopic (exact) mass is 349 g/mol. The maximum atomic E-state index is 12.7. The zero-order valence-corrected chi connectivity index (χ0v) is 11.5. The Balaban J connectivity index is 2.59. The second-order valence-electron chi connectivity index (χ2n) is 3.94. The summed E-state index contributed by atoms with van der Waals surface area (Å²) in [6.07, 6.45) is -4.51. The van der Waals surface area contributed by atoms with Gasteiger partial charge in [0.1, 0.15) is 0 Å². The van der Waals surface area contributed by atoms with E-state index in [1.54, 1.807) is 0 Å². The Kier molecular flexibility index (Phi) is 3.55. The van der Waals surface area contributed by atoms with E-state index in [0.717, 1.165) is 16.8 Å². The van der Waals surface area contributed by atoms with Gasteiger partial charge in [-0.15, -0.1) is 5.10 Å². The molecule has 0 aliphatic carbocycles. The second kappa shape index (κ2) is 4.89. The molecule has 5 nitrogen and oxygen atoms in total. The van der Waals surface area contributed by atoms with Gasteiger partial charge in [0.25, 0.3) is 0 Å². The summed E-state index contributed by atoms with van der Waals surface area (Å²) in [6, 6.07) is 3.19. The van der Waals surface area contributed by atoms with E-state index in [4.69, 9.17) is 5.11 Å². The highest BCUT2D eigenvalue weighted by molar-refractivity contribution is 9.10. The van der Waals surface area contributed by atoms with Crippen molar-refractivity contribution in [3.8, 4) is 5.69 Å². The summed E-state index contributed by atoms with van der Waals surface area (Å²) >= 11 is 2.99. The zero-order chi connectivity index (χ0) is 15.1. The quantitative estimate of drug-likeness (QED) is 0.904. The van der Waals surface area contributed by atoms with Crippen molar-refractivity contribution in [2.24, 2.45) is 0 Å². The van der Waals surface area contributed by atoms with Gasteiger partial charge >= 0.3 is 12.1 Å². The van der Waals surface area contributed by atoms with Crippen LogP contribution in [-0.2, 0) is 6.18 Å². The molecule has 0 saturated carbocycles. The molecule has 0 saturated heterocycles. The van der Waals surface area contributed by atoms with Gasteiger partial charge in [0.05, 0.1) is 16.9 Å². The average Bonchev–Trinajstić information content (AvgIpc) is 2.69. The van der Waals surface area contributed by atoms with Gasteiger partial charge in [-0.25, -0.2) is 9.48 Å². The molecule has 0 bridgehead atoms. The van der Waals surface area contributed by atoms with Crippen LogP contribution < -0.4 is 0 Å². The van der Waals surface area contributed by atoms with Crippen LogP contribution in [0.25, 0.3) is 5.69 Å². The molecular formula is C11H7BrF3N3O2. The van der Waals surface area contributed by atoms with Crippen LogP contribution in [0.5, 0.6) is 0 Å². The van der Waals surface area contributed by atoms with Crippen LogP contribution in [-0.4, -0.2) is 26.1 Å². The highest BCUT2D eigenvalue weighted by Gasteiger charge is 2.31. The molecule has 2 rings (SSSR count). The molecule has 1 heterocycles. The molecule has 0 unspecified atom stereocenters. The van der Waals surface area contributed by atoms with Crippen molar-refractivity contribution in [3.05, 3.63) is 39.6 Å². The minimum atomic E-state index is -4.51. The number of carboxylic acids is 1. The fourth-order valence-corrected chi connectivity index (χ4v) is 2.11. The van der Waals surface area contributed by atoms with Crippen molar-refractivity contribution in [2.45, 2.75) is 13.1 Å². The molecule has 0 radical (unpaired) electrons. The molecule has 0 spiro atoms. The SMILES string of the molecule is Cc1c(C(=O)O)nnn1-c1cc(Br)cc(C(F)(F)F)c1. The number of carboxylic acid groups (broad SMARTS) is 1. The summed E-state index contributed by atoms with van der Waals surface area (Å²) in [7, 11) is 0. The molecule has 0 atom stereocenters. The van der Waals surface area contributed by atoms with E-state index >= 15 is 0 Å². The Morgan fingerprint density at radius 3 is 2.50 bits per heavy atom. The number of rotatable bonds is 2. The first-order valence-corrected chi connectivity index (χ1v) is 6.03. The van der Waals surface area contributed by atoms with Crippen molar-refractivity contribution in [2.75, 3.05) is 0 Å². The lowest BCUT2D eigenvalue weighted by molar-refractivity contribution is -0.137. The molecule has 0 fully saturated rings. The normalized spacial score (nSPS) is 11.7. The largest absolute Gasteiger partial charge is 0.476 e. The summed E-state index contributed by atoms with van der Waals surface area (Å²) in [5.41, 5.74) is -0.958. The lowest BCUT2D eigenvalue weighted by atomic mass is 10.2. The molecular weight excluding hydrogens is 343 g/mol. The molecule has 0 aliphatic heterocycles. The summed E-state index contributed by atoms with van der Waals surface area (Å²) in [4.78, 5) is 10.9. The number of nitrogens with zero attached hydrogens (tertiary/aromatic N) is 3. The Morgan fingerprint density at radius 1 is 1.35 bits per heavy atom. The number of halogens is 4. The maximum Gasteiger partial charge on any atom is 0.416 e. The van der Waals surface area contributed by atoms with E-state index in [9.17, 15) is 18.0 Å². The van der Waals surface area contributed by atoms with E-state index in [1.165, 1.54) is 13.0 Å². The van der Waals surface area contributed by atoms with E-state index < -0.39 is 17.7 Å². The van der Waals surface area contributed by atoms with Gasteiger partial charge in [-0.05, 0) is 25.1 Å². The standard InChI is InChI=1S/C11H7BrF3N3O2/c1-5-9(10(19)20)16-17-18(5)8-3-6(11(13,14)15)2-7(12)4-8/h2-4H,1H3,(H,19,20). The molecule has 1 aromatic carbocycles. The lowest BCUT2D eigenvalue weighted by Gasteiger charge is -2.10. The first-order chi connectivity index (χ1) is 9.20. The topological polar surface area (TPSA) is 68.0 Å². The smallest absolute Gasteiger partial charge is 0.416 e. The molecule has 0 aliphatic rings. The molecule has 20 heavy (non-hydrogen) atoms. The first kappa shape index (κ1) is 14.5. The van der Waals surface area contributed by atoms with Crippen molar-refractivity contribution < 1.29 is 23.1 Å². The predicted octanol–water partition coefficient (Wildman–Crippen LogP) is 3.06. The summed E-state index contributed by atoms with van der Waals surface area (Å²) in [5, 5.41) is 15.9. The second-order valence-corrected chi connectivity index (χ2v) is 4.85. The zero-order valence-electron chi connectivity index (χ0n) is 9.94. The first-order valence-electron chi connectivity index (χ1n) is 5.24. The van der Waals surface area contributed by atoms with Crippen LogP contribution in [0.15, 0.2) is 22.7 Å². The minimum Gasteiger partial charge on any atom is -0.476 e. The third-order valence-electron chi connectivity index (χ3n) is 2.55. The van der Waals surface area contributed by atoms with Crippen LogP contribution in [0.1, 0.15) is 21.7 Å². The summed E-state index contributed by atoms with van der Waals surface area (Å²) in [5.74, 6) is -1.29. The fourth-order valence-electron chi connectivity index (χ4n) is 1.63. The highest BCUT2D eigenvalue weighted by atomic mass is 79.9. The van der Waals surface area contributed by atoms with Crippen molar-refractivity contribution >= 4 is 21.9 Å². The predicted molar refractivity (Wildman–Crippen MR) is 65.8 cm³/mol. The molecule has 9 heteroatoms. The van der Waals surface area contributed by atoms with E-state index in [2.05, 4.69) is 26.2 Å². The fraction of sp³-hybridized carbons (Fsp3) is 0.182. The van der Waals surface area contributed by atoms with Crippen LogP contribution in [0, 0.1) is 6.92 Å². The number of benzene rings is 1. The maximum absolute atomic E-state index is 12.7. The van der Waals surface area contributed by atoms with Gasteiger partial charge in [-0.3, -0.25) is 0 Å². The Morgan fingerprint density at radius 2 is 2.00 bits per heavy atom. The molecule has 1 N–H and O–H groups in total. The third kappa shape index (κ3) is 2.67. The van der Waals surface area contributed by atoms with E-state index in [-0.39, 0.29) is 21.5 Å². The van der Waals surface area contributed by atoms with Crippen molar-refractivity contribution in [1.29, 1.82) is 0 Å². The van der Waals surface area contributed by atoms with Gasteiger partial charge in [-0.1, -0.05) is 21.1 Å². The van der Waals surface area contributed by atoms with Gasteiger partial charge in [0.15, 0.2) is 5.69 Å². The number of hydrogen-bond donors (Lipinski definition) is 1. The Hall–Kier alpha value is -1.90. The lowest BCUT2D eigenvalue weighted by Crippen LogP contribution is -2.08. The van der Waals surface area contributed by atoms with Gasteiger partial charge < -0.3 is 5.11 Å². The number of hydrogen-bond acceptors (Lipinski definition) is 3. The van der Waals surface area contributed by atoms with E-state index in [0.29, 0.717) is 0 Å². The summed E-state index contributed by atoms with van der Waals surface area (Å²) < 4.78 is 39.5. The third-order valence-corrected chi connectivity index (χ3v) is 3.01. The van der Waals surface area contributed by atoms with Crippen LogP contribution in [0.3, 0.4) is 0 Å². The average molecular weight is 350 g/mol. The van der Waals surface area contributed by atoms with Crippen LogP contribution >= 0.6 is 15.9 Å². The molecule has 0 amide bonds. The molecule has 1 aromatic heterocycles. The van der Waals surface area contributed by atoms with Crippen molar-refractivity contribution in [1.82, 2.24) is 15.0 Å². The summed E-state index contributed by atoms with van der Waals surface area (Å²) in [6.45, 7) is 1.41. The number of aromatic carboxylic acids is 1. The number of aromatic nitrogens is 3. The van der Waals surface area contributed by atoms with Crippen LogP contribution in [0.4, 0.5) is 13.2 Å². The minimum absolute atomic E-state index is 0.0733. The molecule has 106 valence electrons. The van der Waals surface area contributed by atoms with E-state index in [1.807, 2.05) is 0 Å². The molecule has 2 aromatic rings. The number of alkyl halides is 3. The van der Waals surface area contributed by atoms with Gasteiger partial charge in [0.2, 0.25) is 0 Å². The van der Waals surface area contributed by atoms with Crippen LogP contribution in [0.2, 0.25) is 0 Å². The van der Waals surface area contributed by atoms with Gasteiger partial charge in [0, 0.05) is 4.47 Å². The van der Waals surface area contributed by atoms with Crippen molar-refractivity contribution in [3.63, 3.8) is 0 Å². The Labute approximate surface area is 119 Å². The number of carbonyl (C=O) groups is 1. The van der Waals surface area contributed by atoms with Gasteiger partial charge in [-0.2, -0.15) is 13.2 Å². The highest BCUT2D eigenvalue weighted by Crippen LogP contribution is 2.33. The Bertz CT molecular complexity index is 682.